The highest BCUT2D eigenvalue weighted by Gasteiger charge is 2.24. The summed E-state index contributed by atoms with van der Waals surface area (Å²) in [6.07, 6.45) is 0. The Morgan fingerprint density at radius 1 is 0.550 bits per heavy atom. The van der Waals surface area contributed by atoms with Crippen molar-refractivity contribution in [2.24, 2.45) is 0 Å². The van der Waals surface area contributed by atoms with Crippen molar-refractivity contribution in [3.05, 3.63) is 59.7 Å². The van der Waals surface area contributed by atoms with E-state index in [1.54, 1.807) is 24.3 Å². The Kier molecular flexibility index (Phi) is 5.07. The van der Waals surface area contributed by atoms with Gasteiger partial charge < -0.3 is 0 Å². The number of alkyl halides is 6. The first kappa shape index (κ1) is 16.5. The molecule has 0 radical (unpaired) electrons. The lowest BCUT2D eigenvalue weighted by Gasteiger charge is -2.15. The van der Waals surface area contributed by atoms with Crippen LogP contribution in [0, 0.1) is 0 Å². The van der Waals surface area contributed by atoms with Crippen molar-refractivity contribution in [2.45, 2.75) is 7.59 Å². The lowest BCUT2D eigenvalue weighted by molar-refractivity contribution is 1.23. The molecule has 2 rings (SSSR count). The maximum absolute atomic E-state index is 5.89. The molecule has 0 aliphatic carbocycles. The summed E-state index contributed by atoms with van der Waals surface area (Å²) in [5.74, 6) is 0. The van der Waals surface area contributed by atoms with Crippen molar-refractivity contribution in [1.82, 2.24) is 0 Å². The van der Waals surface area contributed by atoms with Crippen molar-refractivity contribution < 1.29 is 0 Å². The third kappa shape index (κ3) is 4.10. The van der Waals surface area contributed by atoms with Gasteiger partial charge in [-0.1, -0.05) is 106 Å². The van der Waals surface area contributed by atoms with E-state index in [2.05, 4.69) is 0 Å². The molecular weight excluding hydrogens is 381 g/mol. The highest BCUT2D eigenvalue weighted by atomic mass is 35.6. The number of hydrogen-bond acceptors (Lipinski definition) is 0. The van der Waals surface area contributed by atoms with Crippen molar-refractivity contribution in [2.75, 3.05) is 0 Å². The molecule has 0 aliphatic rings. The maximum atomic E-state index is 5.89. The van der Waals surface area contributed by atoms with Crippen molar-refractivity contribution >= 4 is 69.6 Å². The molecular formula is C14H8Cl6. The minimum Gasteiger partial charge on any atom is -0.0784 e. The summed E-state index contributed by atoms with van der Waals surface area (Å²) in [4.78, 5) is 0. The molecule has 0 amide bonds. The summed E-state index contributed by atoms with van der Waals surface area (Å²) in [5, 5.41) is 0. The van der Waals surface area contributed by atoms with E-state index in [1.807, 2.05) is 24.3 Å². The zero-order valence-electron chi connectivity index (χ0n) is 9.89. The third-order valence-electron chi connectivity index (χ3n) is 2.71. The molecule has 0 bridgehead atoms. The van der Waals surface area contributed by atoms with E-state index < -0.39 is 7.59 Å². The fourth-order valence-corrected chi connectivity index (χ4v) is 2.46. The van der Waals surface area contributed by atoms with Gasteiger partial charge in [-0.15, -0.1) is 0 Å². The molecule has 0 spiro atoms. The molecule has 0 fully saturated rings. The number of rotatable bonds is 1. The van der Waals surface area contributed by atoms with E-state index >= 15 is 0 Å². The highest BCUT2D eigenvalue weighted by Crippen LogP contribution is 2.41. The number of hydrogen-bond donors (Lipinski definition) is 0. The predicted octanol–water partition coefficient (Wildman–Crippen LogP) is 7.01. The molecule has 0 heterocycles. The molecule has 0 saturated heterocycles. The second-order valence-electron chi connectivity index (χ2n) is 4.16. The van der Waals surface area contributed by atoms with Gasteiger partial charge in [-0.2, -0.15) is 0 Å². The van der Waals surface area contributed by atoms with Crippen LogP contribution in [-0.4, -0.2) is 0 Å². The molecule has 0 unspecified atom stereocenters. The SMILES string of the molecule is ClC(Cl)(Cl)c1cccc(-c2cccc(C(Cl)(Cl)Cl)c2)c1. The smallest absolute Gasteiger partial charge is 0.0784 e. The maximum Gasteiger partial charge on any atom is 0.216 e. The van der Waals surface area contributed by atoms with Crippen LogP contribution in [0.3, 0.4) is 0 Å². The van der Waals surface area contributed by atoms with Crippen LogP contribution in [0.1, 0.15) is 11.1 Å². The van der Waals surface area contributed by atoms with Gasteiger partial charge in [-0.25, -0.2) is 0 Å². The summed E-state index contributed by atoms with van der Waals surface area (Å²) in [6.45, 7) is 0. The summed E-state index contributed by atoms with van der Waals surface area (Å²) < 4.78 is -2.94. The van der Waals surface area contributed by atoms with Gasteiger partial charge in [0.2, 0.25) is 7.59 Å². The Labute approximate surface area is 147 Å². The van der Waals surface area contributed by atoms with Gasteiger partial charge in [0.25, 0.3) is 0 Å². The van der Waals surface area contributed by atoms with Crippen LogP contribution in [0.25, 0.3) is 11.1 Å². The molecule has 20 heavy (non-hydrogen) atoms. The van der Waals surface area contributed by atoms with Crippen LogP contribution in [-0.2, 0) is 7.59 Å². The molecule has 0 nitrogen and oxygen atoms in total. The molecule has 0 saturated carbocycles. The van der Waals surface area contributed by atoms with E-state index in [-0.39, 0.29) is 0 Å². The molecule has 2 aromatic carbocycles. The van der Waals surface area contributed by atoms with Gasteiger partial charge in [-0.3, -0.25) is 0 Å². The summed E-state index contributed by atoms with van der Waals surface area (Å²) in [6, 6.07) is 14.5. The fourth-order valence-electron chi connectivity index (χ4n) is 1.75. The first-order chi connectivity index (χ1) is 9.18. The first-order valence-corrected chi connectivity index (χ1v) is 7.79. The van der Waals surface area contributed by atoms with E-state index in [1.165, 1.54) is 0 Å². The Morgan fingerprint density at radius 2 is 0.900 bits per heavy atom. The van der Waals surface area contributed by atoms with E-state index in [0.717, 1.165) is 11.1 Å². The lowest BCUT2D eigenvalue weighted by Crippen LogP contribution is -2.01. The number of benzene rings is 2. The quantitative estimate of drug-likeness (QED) is 0.461. The van der Waals surface area contributed by atoms with Crippen molar-refractivity contribution in [1.29, 1.82) is 0 Å². The predicted molar refractivity (Wildman–Crippen MR) is 90.4 cm³/mol. The van der Waals surface area contributed by atoms with Crippen LogP contribution in [0.2, 0.25) is 0 Å². The molecule has 106 valence electrons. The molecule has 0 N–H and O–H groups in total. The normalized spacial score (nSPS) is 12.5. The zero-order chi connectivity index (χ0) is 15.0. The average molecular weight is 389 g/mol. The van der Waals surface area contributed by atoms with E-state index in [4.69, 9.17) is 69.6 Å². The average Bonchev–Trinajstić information content (AvgIpc) is 2.37. The van der Waals surface area contributed by atoms with E-state index in [0.29, 0.717) is 11.1 Å². The van der Waals surface area contributed by atoms with Gasteiger partial charge in [0.1, 0.15) is 0 Å². The lowest BCUT2D eigenvalue weighted by atomic mass is 10.0. The summed E-state index contributed by atoms with van der Waals surface area (Å²) >= 11 is 35.3. The highest BCUT2D eigenvalue weighted by molar-refractivity contribution is 6.67. The minimum absolute atomic E-state index is 0.583. The Bertz CT molecular complexity index is 554. The molecule has 0 atom stereocenters. The monoisotopic (exact) mass is 386 g/mol. The first-order valence-electron chi connectivity index (χ1n) is 5.53. The van der Waals surface area contributed by atoms with Crippen LogP contribution in [0.15, 0.2) is 48.5 Å². The van der Waals surface area contributed by atoms with Crippen LogP contribution >= 0.6 is 69.6 Å². The Morgan fingerprint density at radius 3 is 1.20 bits per heavy atom. The summed E-state index contributed by atoms with van der Waals surface area (Å²) in [5.41, 5.74) is 2.92. The Balaban J connectivity index is 2.47. The van der Waals surface area contributed by atoms with Crippen molar-refractivity contribution in [3.63, 3.8) is 0 Å². The molecule has 2 aromatic rings. The topological polar surface area (TPSA) is 0 Å². The largest absolute Gasteiger partial charge is 0.216 e. The molecule has 0 aromatic heterocycles. The summed E-state index contributed by atoms with van der Waals surface area (Å²) in [7, 11) is 0. The van der Waals surface area contributed by atoms with E-state index in [9.17, 15) is 0 Å². The standard InChI is InChI=1S/C14H8Cl6/c15-13(16,17)11-5-1-3-9(7-11)10-4-2-6-12(8-10)14(18,19)20/h1-8H. The second-order valence-corrected chi connectivity index (χ2v) is 8.72. The van der Waals surface area contributed by atoms with Crippen LogP contribution in [0.5, 0.6) is 0 Å². The molecule has 0 aliphatic heterocycles. The third-order valence-corrected chi connectivity index (χ3v) is 4.02. The number of halogens is 6. The van der Waals surface area contributed by atoms with Gasteiger partial charge in [0, 0.05) is 11.1 Å². The Hall–Kier alpha value is 0.180. The fraction of sp³-hybridized carbons (Fsp3) is 0.143. The van der Waals surface area contributed by atoms with Gasteiger partial charge >= 0.3 is 0 Å². The van der Waals surface area contributed by atoms with Crippen LogP contribution < -0.4 is 0 Å². The van der Waals surface area contributed by atoms with Gasteiger partial charge in [-0.05, 0) is 23.3 Å². The van der Waals surface area contributed by atoms with Crippen molar-refractivity contribution in [3.8, 4) is 11.1 Å². The molecule has 6 heteroatoms. The second kappa shape index (κ2) is 6.12. The zero-order valence-corrected chi connectivity index (χ0v) is 14.4. The minimum atomic E-state index is -1.47. The van der Waals surface area contributed by atoms with Gasteiger partial charge in [0.15, 0.2) is 0 Å². The van der Waals surface area contributed by atoms with Gasteiger partial charge in [0.05, 0.1) is 0 Å². The van der Waals surface area contributed by atoms with Crippen LogP contribution in [0.4, 0.5) is 0 Å².